The third-order valence-electron chi connectivity index (χ3n) is 6.92. The lowest BCUT2D eigenvalue weighted by Crippen LogP contribution is -2.49. The van der Waals surface area contributed by atoms with Gasteiger partial charge in [-0.2, -0.15) is 0 Å². The Morgan fingerprint density at radius 3 is 2.42 bits per heavy atom. The molecule has 2 aliphatic heterocycles. The number of amides is 1. The van der Waals surface area contributed by atoms with Crippen LogP contribution in [0.3, 0.4) is 0 Å². The van der Waals surface area contributed by atoms with Gasteiger partial charge in [0.2, 0.25) is 0 Å². The minimum atomic E-state index is -3.81. The fourth-order valence-corrected chi connectivity index (χ4v) is 6.32. The molecule has 7 nitrogen and oxygen atoms in total. The molecule has 0 spiro atoms. The van der Waals surface area contributed by atoms with Crippen LogP contribution >= 0.6 is 0 Å². The van der Waals surface area contributed by atoms with Crippen molar-refractivity contribution in [1.29, 1.82) is 0 Å². The summed E-state index contributed by atoms with van der Waals surface area (Å²) in [6.07, 6.45) is 7.78. The van der Waals surface area contributed by atoms with Crippen molar-refractivity contribution in [2.45, 2.75) is 55.9 Å². The summed E-state index contributed by atoms with van der Waals surface area (Å²) in [6.45, 7) is 1.83. The van der Waals surface area contributed by atoms with Crippen molar-refractivity contribution in [3.05, 3.63) is 48.0 Å². The summed E-state index contributed by atoms with van der Waals surface area (Å²) in [7, 11) is -3.81. The normalized spacial score (nSPS) is 22.7. The Morgan fingerprint density at radius 1 is 0.879 bits per heavy atom. The molecule has 2 atom stereocenters. The van der Waals surface area contributed by atoms with E-state index in [-0.39, 0.29) is 10.8 Å². The van der Waals surface area contributed by atoms with Crippen LogP contribution in [0.1, 0.15) is 55.3 Å². The van der Waals surface area contributed by atoms with Crippen LogP contribution in [0.15, 0.2) is 47.4 Å². The summed E-state index contributed by atoms with van der Waals surface area (Å²) >= 11 is 0. The Morgan fingerprint density at radius 2 is 1.61 bits per heavy atom. The molecule has 33 heavy (non-hydrogen) atoms. The maximum Gasteiger partial charge on any atom is 0.262 e. The molecule has 0 radical (unpaired) electrons. The van der Waals surface area contributed by atoms with Crippen LogP contribution < -0.4 is 14.2 Å². The zero-order valence-electron chi connectivity index (χ0n) is 18.7. The first-order valence-electron chi connectivity index (χ1n) is 11.8. The van der Waals surface area contributed by atoms with Crippen LogP contribution in [0.2, 0.25) is 0 Å². The smallest absolute Gasteiger partial charge is 0.262 e. The number of rotatable bonds is 4. The summed E-state index contributed by atoms with van der Waals surface area (Å²) in [4.78, 5) is 15.3. The predicted octanol–water partition coefficient (Wildman–Crippen LogP) is 4.44. The number of hydrogen-bond donors (Lipinski definition) is 1. The zero-order chi connectivity index (χ0) is 22.8. The number of nitrogens with one attached hydrogen (secondary N) is 1. The largest absolute Gasteiger partial charge is 0.490 e. The molecular formula is C25H30N2O5S. The molecule has 5 rings (SSSR count). The van der Waals surface area contributed by atoms with E-state index in [1.165, 1.54) is 37.8 Å². The lowest BCUT2D eigenvalue weighted by Gasteiger charge is -2.44. The number of likely N-dealkylation sites (tertiary alicyclic amines) is 1. The van der Waals surface area contributed by atoms with E-state index in [2.05, 4.69) is 4.72 Å². The summed E-state index contributed by atoms with van der Waals surface area (Å²) in [5.74, 6) is 1.65. The Kier molecular flexibility index (Phi) is 6.19. The molecule has 2 fully saturated rings. The summed E-state index contributed by atoms with van der Waals surface area (Å²) in [5, 5.41) is 0. The van der Waals surface area contributed by atoms with E-state index in [1.807, 2.05) is 4.90 Å². The van der Waals surface area contributed by atoms with Crippen LogP contribution in [-0.4, -0.2) is 45.0 Å². The monoisotopic (exact) mass is 470 g/mol. The van der Waals surface area contributed by atoms with Gasteiger partial charge in [0.15, 0.2) is 11.5 Å². The molecule has 0 aromatic heterocycles. The average molecular weight is 471 g/mol. The molecule has 1 aliphatic carbocycles. The van der Waals surface area contributed by atoms with E-state index in [4.69, 9.17) is 9.47 Å². The van der Waals surface area contributed by atoms with Gasteiger partial charge >= 0.3 is 0 Å². The van der Waals surface area contributed by atoms with E-state index in [9.17, 15) is 13.2 Å². The standard InChI is InChI=1S/C25H30N2O5S/c28-25(27-14-3-6-18-5-1-2-7-22(18)27)19-8-10-20(11-9-19)26-33(29,30)21-12-13-23-24(17-21)32-16-4-15-31-23/h8-13,17-18,22,26H,1-7,14-16H2. The quantitative estimate of drug-likeness (QED) is 0.714. The second kappa shape index (κ2) is 9.25. The van der Waals surface area contributed by atoms with E-state index < -0.39 is 10.0 Å². The fourth-order valence-electron chi connectivity index (χ4n) is 5.25. The number of carbonyl (C=O) groups is 1. The predicted molar refractivity (Wildman–Crippen MR) is 125 cm³/mol. The molecule has 176 valence electrons. The van der Waals surface area contributed by atoms with E-state index >= 15 is 0 Å². The zero-order valence-corrected chi connectivity index (χ0v) is 19.5. The van der Waals surface area contributed by atoms with Gasteiger partial charge in [-0.05, 0) is 68.0 Å². The number of sulfonamides is 1. The van der Waals surface area contributed by atoms with Gasteiger partial charge in [0, 0.05) is 36.3 Å². The highest BCUT2D eigenvalue weighted by molar-refractivity contribution is 7.92. The molecule has 1 N–H and O–H groups in total. The minimum Gasteiger partial charge on any atom is -0.490 e. The van der Waals surface area contributed by atoms with Crippen molar-refractivity contribution in [1.82, 2.24) is 4.90 Å². The molecule has 2 aromatic rings. The summed E-state index contributed by atoms with van der Waals surface area (Å²) < 4.78 is 39.6. The number of anilines is 1. The molecule has 1 amide bonds. The van der Waals surface area contributed by atoms with Gasteiger partial charge in [-0.1, -0.05) is 12.8 Å². The first-order valence-corrected chi connectivity index (χ1v) is 13.3. The van der Waals surface area contributed by atoms with Crippen LogP contribution in [0, 0.1) is 5.92 Å². The highest BCUT2D eigenvalue weighted by atomic mass is 32.2. The van der Waals surface area contributed by atoms with Crippen molar-refractivity contribution < 1.29 is 22.7 Å². The third-order valence-corrected chi connectivity index (χ3v) is 8.30. The average Bonchev–Trinajstić information content (AvgIpc) is 3.08. The van der Waals surface area contributed by atoms with Crippen molar-refractivity contribution in [2.24, 2.45) is 5.92 Å². The second-order valence-corrected chi connectivity index (χ2v) is 10.8. The first-order chi connectivity index (χ1) is 16.0. The van der Waals surface area contributed by atoms with Crippen molar-refractivity contribution in [2.75, 3.05) is 24.5 Å². The van der Waals surface area contributed by atoms with E-state index in [0.29, 0.717) is 47.9 Å². The lowest BCUT2D eigenvalue weighted by molar-refractivity contribution is 0.0390. The van der Waals surface area contributed by atoms with Crippen LogP contribution in [-0.2, 0) is 10.0 Å². The number of fused-ring (bicyclic) bond motifs is 2. The van der Waals surface area contributed by atoms with Gasteiger partial charge in [-0.3, -0.25) is 9.52 Å². The Balaban J connectivity index is 1.29. The van der Waals surface area contributed by atoms with Crippen LogP contribution in [0.5, 0.6) is 11.5 Å². The second-order valence-electron chi connectivity index (χ2n) is 9.09. The summed E-state index contributed by atoms with van der Waals surface area (Å²) in [5.41, 5.74) is 1.01. The maximum atomic E-state index is 13.2. The van der Waals surface area contributed by atoms with Crippen molar-refractivity contribution in [3.63, 3.8) is 0 Å². The number of hydrogen-bond acceptors (Lipinski definition) is 5. The molecule has 8 heteroatoms. The number of benzene rings is 2. The molecular weight excluding hydrogens is 440 g/mol. The van der Waals surface area contributed by atoms with Gasteiger partial charge in [-0.25, -0.2) is 8.42 Å². The Bertz CT molecular complexity index is 1110. The Hall–Kier alpha value is -2.74. The minimum absolute atomic E-state index is 0.0453. The van der Waals surface area contributed by atoms with Crippen molar-refractivity contribution >= 4 is 21.6 Å². The van der Waals surface area contributed by atoms with Gasteiger partial charge in [0.25, 0.3) is 15.9 Å². The number of ether oxygens (including phenoxy) is 2. The van der Waals surface area contributed by atoms with Crippen molar-refractivity contribution in [3.8, 4) is 11.5 Å². The number of piperidine rings is 1. The summed E-state index contributed by atoms with van der Waals surface area (Å²) in [6, 6.07) is 11.7. The molecule has 2 aromatic carbocycles. The highest BCUT2D eigenvalue weighted by Crippen LogP contribution is 2.36. The van der Waals surface area contributed by atoms with Gasteiger partial charge in [0.05, 0.1) is 18.1 Å². The van der Waals surface area contributed by atoms with Gasteiger partial charge in [-0.15, -0.1) is 0 Å². The Labute approximate surface area is 195 Å². The van der Waals surface area contributed by atoms with Gasteiger partial charge in [0.1, 0.15) is 0 Å². The molecule has 3 aliphatic rings. The third kappa shape index (κ3) is 4.67. The highest BCUT2D eigenvalue weighted by Gasteiger charge is 2.36. The molecule has 1 saturated heterocycles. The maximum absolute atomic E-state index is 13.2. The first kappa shape index (κ1) is 22.1. The van der Waals surface area contributed by atoms with E-state index in [0.717, 1.165) is 25.8 Å². The lowest BCUT2D eigenvalue weighted by atomic mass is 9.78. The van der Waals surface area contributed by atoms with Crippen LogP contribution in [0.25, 0.3) is 0 Å². The molecule has 0 bridgehead atoms. The molecule has 1 saturated carbocycles. The SMILES string of the molecule is O=C(c1ccc(NS(=O)(=O)c2ccc3c(c2)OCCCO3)cc1)N1CCCC2CCCCC21. The molecule has 2 unspecified atom stereocenters. The number of nitrogens with zero attached hydrogens (tertiary/aromatic N) is 1. The number of carbonyl (C=O) groups excluding carboxylic acids is 1. The van der Waals surface area contributed by atoms with Gasteiger partial charge < -0.3 is 14.4 Å². The van der Waals surface area contributed by atoms with Crippen LogP contribution in [0.4, 0.5) is 5.69 Å². The topological polar surface area (TPSA) is 84.9 Å². The molecule has 2 heterocycles. The fraction of sp³-hybridized carbons (Fsp3) is 0.480. The van der Waals surface area contributed by atoms with E-state index in [1.54, 1.807) is 30.3 Å².